The first-order chi connectivity index (χ1) is 9.04. The Labute approximate surface area is 113 Å². The third kappa shape index (κ3) is 3.32. The molecule has 0 aliphatic carbocycles. The fourth-order valence-corrected chi connectivity index (χ4v) is 3.65. The van der Waals surface area contributed by atoms with E-state index in [1.54, 1.807) is 6.92 Å². The lowest BCUT2D eigenvalue weighted by Gasteiger charge is -2.23. The first kappa shape index (κ1) is 14.4. The van der Waals surface area contributed by atoms with Crippen molar-refractivity contribution in [2.75, 3.05) is 19.7 Å². The molecule has 1 saturated heterocycles. The van der Waals surface area contributed by atoms with Crippen molar-refractivity contribution in [3.63, 3.8) is 0 Å². The van der Waals surface area contributed by atoms with Crippen LogP contribution in [0, 0.1) is 5.82 Å². The lowest BCUT2D eigenvalue weighted by molar-refractivity contribution is 0.0947. The Morgan fingerprint density at radius 2 is 2.05 bits per heavy atom. The summed E-state index contributed by atoms with van der Waals surface area (Å²) in [5.74, 6) is -0.443. The highest BCUT2D eigenvalue weighted by Gasteiger charge is 2.27. The summed E-state index contributed by atoms with van der Waals surface area (Å²) in [6.07, 6.45) is 1.82. The molecule has 1 unspecified atom stereocenters. The molecule has 19 heavy (non-hydrogen) atoms. The zero-order chi connectivity index (χ0) is 13.9. The smallest absolute Gasteiger partial charge is 0.243 e. The number of hydrogen-bond acceptors (Lipinski definition) is 3. The van der Waals surface area contributed by atoms with Gasteiger partial charge in [0.05, 0.1) is 11.0 Å². The van der Waals surface area contributed by atoms with Gasteiger partial charge in [-0.05, 0) is 37.1 Å². The lowest BCUT2D eigenvalue weighted by Crippen LogP contribution is -2.37. The Bertz CT molecular complexity index is 509. The fraction of sp³-hybridized carbons (Fsp3) is 0.538. The van der Waals surface area contributed by atoms with E-state index < -0.39 is 15.8 Å². The van der Waals surface area contributed by atoms with Crippen LogP contribution in [0.15, 0.2) is 29.2 Å². The molecule has 0 aromatic heterocycles. The van der Waals surface area contributed by atoms with Crippen LogP contribution in [-0.2, 0) is 14.8 Å². The highest BCUT2D eigenvalue weighted by molar-refractivity contribution is 7.89. The summed E-state index contributed by atoms with van der Waals surface area (Å²) in [6.45, 7) is 3.21. The standard InChI is InChI=1S/C13H18FNO3S/c1-2-15(10-12-4-3-9-18-12)19(16,17)13-7-5-11(14)6-8-13/h5-8,12H,2-4,9-10H2,1H3. The first-order valence-electron chi connectivity index (χ1n) is 6.41. The van der Waals surface area contributed by atoms with Crippen LogP contribution in [0.3, 0.4) is 0 Å². The van der Waals surface area contributed by atoms with Gasteiger partial charge < -0.3 is 4.74 Å². The maximum Gasteiger partial charge on any atom is 0.243 e. The van der Waals surface area contributed by atoms with E-state index in [0.29, 0.717) is 19.7 Å². The average Bonchev–Trinajstić information content (AvgIpc) is 2.89. The van der Waals surface area contributed by atoms with Gasteiger partial charge in [0.1, 0.15) is 5.82 Å². The molecule has 0 N–H and O–H groups in total. The number of nitrogens with zero attached hydrogens (tertiary/aromatic N) is 1. The van der Waals surface area contributed by atoms with Crippen LogP contribution < -0.4 is 0 Å². The fourth-order valence-electron chi connectivity index (χ4n) is 2.17. The number of rotatable bonds is 5. The third-order valence-corrected chi connectivity index (χ3v) is 5.19. The van der Waals surface area contributed by atoms with Crippen LogP contribution in [0.4, 0.5) is 4.39 Å². The second-order valence-electron chi connectivity index (χ2n) is 4.54. The van der Waals surface area contributed by atoms with Crippen molar-refractivity contribution in [3.8, 4) is 0 Å². The Hall–Kier alpha value is -0.980. The van der Waals surface area contributed by atoms with Gasteiger partial charge in [0.15, 0.2) is 0 Å². The molecule has 1 atom stereocenters. The largest absolute Gasteiger partial charge is 0.377 e. The minimum absolute atomic E-state index is 0.0322. The summed E-state index contributed by atoms with van der Waals surface area (Å²) in [7, 11) is -3.57. The number of ether oxygens (including phenoxy) is 1. The average molecular weight is 287 g/mol. The van der Waals surface area contributed by atoms with E-state index in [4.69, 9.17) is 4.74 Å². The summed E-state index contributed by atoms with van der Waals surface area (Å²) in [6, 6.07) is 4.91. The maximum absolute atomic E-state index is 12.9. The van der Waals surface area contributed by atoms with Crippen molar-refractivity contribution in [1.29, 1.82) is 0 Å². The molecular formula is C13H18FNO3S. The van der Waals surface area contributed by atoms with Gasteiger partial charge in [-0.3, -0.25) is 0 Å². The molecule has 0 bridgehead atoms. The van der Waals surface area contributed by atoms with Crippen LogP contribution >= 0.6 is 0 Å². The van der Waals surface area contributed by atoms with Crippen molar-refractivity contribution < 1.29 is 17.5 Å². The molecule has 1 aromatic rings. The predicted molar refractivity (Wildman–Crippen MR) is 69.8 cm³/mol. The van der Waals surface area contributed by atoms with Gasteiger partial charge in [-0.2, -0.15) is 4.31 Å². The minimum Gasteiger partial charge on any atom is -0.377 e. The minimum atomic E-state index is -3.57. The van der Waals surface area contributed by atoms with Crippen LogP contribution in [0.5, 0.6) is 0 Å². The number of likely N-dealkylation sites (N-methyl/N-ethyl adjacent to an activating group) is 1. The zero-order valence-corrected chi connectivity index (χ0v) is 11.7. The SMILES string of the molecule is CCN(CC1CCCO1)S(=O)(=O)c1ccc(F)cc1. The summed E-state index contributed by atoms with van der Waals surface area (Å²) < 4.78 is 44.5. The Balaban J connectivity index is 2.17. The van der Waals surface area contributed by atoms with Crippen LogP contribution in [0.25, 0.3) is 0 Å². The Morgan fingerprint density at radius 3 is 2.58 bits per heavy atom. The molecule has 1 aliphatic heterocycles. The van der Waals surface area contributed by atoms with Gasteiger partial charge in [-0.25, -0.2) is 12.8 Å². The highest BCUT2D eigenvalue weighted by atomic mass is 32.2. The van der Waals surface area contributed by atoms with Crippen LogP contribution in [0.1, 0.15) is 19.8 Å². The van der Waals surface area contributed by atoms with Gasteiger partial charge in [-0.1, -0.05) is 6.92 Å². The normalized spacial score (nSPS) is 20.1. The van der Waals surface area contributed by atoms with Gasteiger partial charge >= 0.3 is 0 Å². The monoisotopic (exact) mass is 287 g/mol. The van der Waals surface area contributed by atoms with E-state index in [1.807, 2.05) is 0 Å². The van der Waals surface area contributed by atoms with E-state index in [0.717, 1.165) is 25.0 Å². The van der Waals surface area contributed by atoms with E-state index in [2.05, 4.69) is 0 Å². The van der Waals surface area contributed by atoms with Gasteiger partial charge in [0, 0.05) is 19.7 Å². The highest BCUT2D eigenvalue weighted by Crippen LogP contribution is 2.20. The van der Waals surface area contributed by atoms with Crippen molar-refractivity contribution in [2.24, 2.45) is 0 Å². The molecule has 106 valence electrons. The molecule has 0 saturated carbocycles. The van der Waals surface area contributed by atoms with Crippen molar-refractivity contribution >= 4 is 10.0 Å². The summed E-state index contributed by atoms with van der Waals surface area (Å²) in [5, 5.41) is 0. The summed E-state index contributed by atoms with van der Waals surface area (Å²) in [5.41, 5.74) is 0. The first-order valence-corrected chi connectivity index (χ1v) is 7.85. The quantitative estimate of drug-likeness (QED) is 0.832. The Kier molecular flexibility index (Phi) is 4.54. The molecule has 1 aromatic carbocycles. The molecule has 1 fully saturated rings. The topological polar surface area (TPSA) is 46.6 Å². The van der Waals surface area contributed by atoms with Gasteiger partial charge in [-0.15, -0.1) is 0 Å². The van der Waals surface area contributed by atoms with Crippen LogP contribution in [0.2, 0.25) is 0 Å². The zero-order valence-electron chi connectivity index (χ0n) is 10.9. The van der Waals surface area contributed by atoms with Crippen molar-refractivity contribution in [1.82, 2.24) is 4.31 Å². The van der Waals surface area contributed by atoms with E-state index in [-0.39, 0.29) is 11.0 Å². The number of hydrogen-bond donors (Lipinski definition) is 0. The molecule has 2 rings (SSSR count). The molecule has 0 radical (unpaired) electrons. The van der Waals surface area contributed by atoms with Crippen molar-refractivity contribution in [3.05, 3.63) is 30.1 Å². The third-order valence-electron chi connectivity index (χ3n) is 3.24. The van der Waals surface area contributed by atoms with Crippen LogP contribution in [-0.4, -0.2) is 38.5 Å². The lowest BCUT2D eigenvalue weighted by atomic mass is 10.2. The molecule has 4 nitrogen and oxygen atoms in total. The Morgan fingerprint density at radius 1 is 1.37 bits per heavy atom. The number of benzene rings is 1. The summed E-state index contributed by atoms with van der Waals surface area (Å²) in [4.78, 5) is 0.119. The molecular weight excluding hydrogens is 269 g/mol. The van der Waals surface area contributed by atoms with Gasteiger partial charge in [0.2, 0.25) is 10.0 Å². The van der Waals surface area contributed by atoms with E-state index in [1.165, 1.54) is 16.4 Å². The maximum atomic E-state index is 12.9. The second-order valence-corrected chi connectivity index (χ2v) is 6.48. The van der Waals surface area contributed by atoms with Crippen molar-refractivity contribution in [2.45, 2.75) is 30.8 Å². The molecule has 1 heterocycles. The van der Waals surface area contributed by atoms with E-state index in [9.17, 15) is 12.8 Å². The molecule has 0 amide bonds. The molecule has 1 aliphatic rings. The molecule has 0 spiro atoms. The summed E-state index contributed by atoms with van der Waals surface area (Å²) >= 11 is 0. The second kappa shape index (κ2) is 5.98. The molecule has 6 heteroatoms. The number of halogens is 1. The number of sulfonamides is 1. The van der Waals surface area contributed by atoms with Gasteiger partial charge in [0.25, 0.3) is 0 Å². The van der Waals surface area contributed by atoms with E-state index >= 15 is 0 Å². The predicted octanol–water partition coefficient (Wildman–Crippen LogP) is 2.02.